The van der Waals surface area contributed by atoms with Gasteiger partial charge in [0.15, 0.2) is 0 Å². The Morgan fingerprint density at radius 1 is 1.10 bits per heavy atom. The third-order valence-electron chi connectivity index (χ3n) is 4.69. The van der Waals surface area contributed by atoms with E-state index in [9.17, 15) is 14.0 Å². The first-order valence-electron chi connectivity index (χ1n) is 9.29. The summed E-state index contributed by atoms with van der Waals surface area (Å²) in [5.41, 5.74) is 0.808. The monoisotopic (exact) mass is 394 g/mol. The van der Waals surface area contributed by atoms with E-state index in [2.05, 4.69) is 15.1 Å². The lowest BCUT2D eigenvalue weighted by Gasteiger charge is -2.08. The Bertz CT molecular complexity index is 1290. The minimum absolute atomic E-state index is 0.232. The van der Waals surface area contributed by atoms with Gasteiger partial charge < -0.3 is 9.51 Å². The molecule has 8 heteroatoms. The van der Waals surface area contributed by atoms with E-state index in [1.165, 1.54) is 16.7 Å². The van der Waals surface area contributed by atoms with Crippen molar-refractivity contribution in [2.75, 3.05) is 0 Å². The van der Waals surface area contributed by atoms with E-state index in [4.69, 9.17) is 4.52 Å². The normalized spacial score (nSPS) is 11.4. The first kappa shape index (κ1) is 18.8. The molecule has 0 amide bonds. The van der Waals surface area contributed by atoms with Gasteiger partial charge in [-0.05, 0) is 54.8 Å². The zero-order chi connectivity index (χ0) is 20.5. The molecule has 2 aromatic carbocycles. The molecule has 0 bridgehead atoms. The highest BCUT2D eigenvalue weighted by atomic mass is 19.1. The minimum Gasteiger partial charge on any atom is -0.334 e. The highest BCUT2D eigenvalue weighted by molar-refractivity contribution is 5.82. The lowest BCUT2D eigenvalue weighted by molar-refractivity contribution is 0.432. The van der Waals surface area contributed by atoms with Crippen molar-refractivity contribution in [3.8, 4) is 22.8 Å². The average molecular weight is 394 g/mol. The molecule has 0 aliphatic rings. The number of nitrogens with zero attached hydrogens (tertiary/aromatic N) is 3. The largest absolute Gasteiger partial charge is 0.334 e. The van der Waals surface area contributed by atoms with Crippen LogP contribution in [0.15, 0.2) is 56.6 Å². The van der Waals surface area contributed by atoms with Gasteiger partial charge in [0, 0.05) is 17.7 Å². The van der Waals surface area contributed by atoms with Crippen molar-refractivity contribution in [1.82, 2.24) is 19.7 Å². The predicted molar refractivity (Wildman–Crippen MR) is 107 cm³/mol. The van der Waals surface area contributed by atoms with E-state index in [-0.39, 0.29) is 17.3 Å². The number of halogens is 1. The number of hydrogen-bond acceptors (Lipinski definition) is 5. The fourth-order valence-corrected chi connectivity index (χ4v) is 3.03. The maximum atomic E-state index is 13.1. The number of nitrogens with one attached hydrogen (secondary N) is 1. The highest BCUT2D eigenvalue weighted by Crippen LogP contribution is 2.24. The van der Waals surface area contributed by atoms with Crippen LogP contribution in [0.25, 0.3) is 33.7 Å². The second-order valence-corrected chi connectivity index (χ2v) is 7.26. The summed E-state index contributed by atoms with van der Waals surface area (Å²) < 4.78 is 19.6. The topological polar surface area (TPSA) is 93.8 Å². The van der Waals surface area contributed by atoms with Crippen molar-refractivity contribution in [3.63, 3.8) is 0 Å². The van der Waals surface area contributed by atoms with Gasteiger partial charge in [0.2, 0.25) is 5.82 Å². The van der Waals surface area contributed by atoms with Crippen LogP contribution in [0.2, 0.25) is 0 Å². The van der Waals surface area contributed by atoms with Crippen molar-refractivity contribution >= 4 is 10.9 Å². The van der Waals surface area contributed by atoms with E-state index >= 15 is 0 Å². The third-order valence-corrected chi connectivity index (χ3v) is 4.69. The van der Waals surface area contributed by atoms with E-state index in [0.717, 1.165) is 6.42 Å². The fraction of sp³-hybridized carbons (Fsp3) is 0.238. The first-order valence-corrected chi connectivity index (χ1v) is 9.29. The molecule has 4 aromatic rings. The molecule has 0 fully saturated rings. The van der Waals surface area contributed by atoms with Gasteiger partial charge in [-0.25, -0.2) is 9.18 Å². The first-order chi connectivity index (χ1) is 13.9. The van der Waals surface area contributed by atoms with Gasteiger partial charge in [0.25, 0.3) is 11.4 Å². The molecule has 29 heavy (non-hydrogen) atoms. The molecule has 0 atom stereocenters. The van der Waals surface area contributed by atoms with Gasteiger partial charge >= 0.3 is 5.69 Å². The van der Waals surface area contributed by atoms with Gasteiger partial charge in [-0.15, -0.1) is 0 Å². The van der Waals surface area contributed by atoms with Crippen LogP contribution in [0, 0.1) is 11.7 Å². The molecule has 1 N–H and O–H groups in total. The zero-order valence-corrected chi connectivity index (χ0v) is 16.0. The van der Waals surface area contributed by atoms with Crippen molar-refractivity contribution in [3.05, 3.63) is 69.1 Å². The number of rotatable bonds is 5. The van der Waals surface area contributed by atoms with Crippen molar-refractivity contribution in [2.24, 2.45) is 5.92 Å². The number of hydrogen-bond donors (Lipinski definition) is 1. The maximum absolute atomic E-state index is 13.1. The number of aromatic amines is 1. The maximum Gasteiger partial charge on any atom is 0.328 e. The molecule has 0 aliphatic carbocycles. The number of benzene rings is 2. The second kappa shape index (κ2) is 7.46. The van der Waals surface area contributed by atoms with Crippen molar-refractivity contribution in [1.29, 1.82) is 0 Å². The lowest BCUT2D eigenvalue weighted by atomic mass is 10.1. The van der Waals surface area contributed by atoms with Crippen LogP contribution in [0.1, 0.15) is 20.3 Å². The number of aromatic nitrogens is 4. The molecule has 4 rings (SSSR count). The van der Waals surface area contributed by atoms with Gasteiger partial charge in [-0.2, -0.15) is 4.98 Å². The van der Waals surface area contributed by atoms with Crippen LogP contribution < -0.4 is 11.2 Å². The summed E-state index contributed by atoms with van der Waals surface area (Å²) in [6.45, 7) is 4.45. The fourth-order valence-electron chi connectivity index (χ4n) is 3.03. The Labute approximate surface area is 164 Å². The Morgan fingerprint density at radius 2 is 1.83 bits per heavy atom. The number of fused-ring (bicyclic) bond motifs is 1. The molecule has 0 saturated carbocycles. The molecular formula is C21H19FN4O3. The third kappa shape index (κ3) is 3.73. The lowest BCUT2D eigenvalue weighted by Crippen LogP contribution is -2.35. The van der Waals surface area contributed by atoms with Crippen LogP contribution in [0.4, 0.5) is 4.39 Å². The summed E-state index contributed by atoms with van der Waals surface area (Å²) >= 11 is 0. The summed E-state index contributed by atoms with van der Waals surface area (Å²) in [5.74, 6) is 0.580. The van der Waals surface area contributed by atoms with Gasteiger partial charge in [-0.1, -0.05) is 19.0 Å². The molecular weight excluding hydrogens is 375 g/mol. The Hall–Kier alpha value is -3.55. The molecule has 2 heterocycles. The van der Waals surface area contributed by atoms with Crippen molar-refractivity contribution < 1.29 is 8.91 Å². The van der Waals surface area contributed by atoms with Crippen LogP contribution in [-0.2, 0) is 6.54 Å². The van der Waals surface area contributed by atoms with Crippen LogP contribution in [0.5, 0.6) is 0 Å². The van der Waals surface area contributed by atoms with Crippen molar-refractivity contribution in [2.45, 2.75) is 26.8 Å². The molecule has 0 aliphatic heterocycles. The molecule has 0 radical (unpaired) electrons. The standard InChI is InChI=1S/C21H19FN4O3/c1-12(2)9-10-26-20(27)16-8-5-14(11-17(16)23-21(26)28)19-24-18(25-29-19)13-3-6-15(22)7-4-13/h3-8,11-12H,9-10H2,1-2H3,(H,23,28). The average Bonchev–Trinajstić information content (AvgIpc) is 3.18. The van der Waals surface area contributed by atoms with Gasteiger partial charge in [-0.3, -0.25) is 9.36 Å². The van der Waals surface area contributed by atoms with E-state index in [1.54, 1.807) is 30.3 Å². The number of H-pyrrole nitrogens is 1. The van der Waals surface area contributed by atoms with E-state index < -0.39 is 5.69 Å². The molecule has 0 spiro atoms. The second-order valence-electron chi connectivity index (χ2n) is 7.26. The van der Waals surface area contributed by atoms with Crippen LogP contribution >= 0.6 is 0 Å². The van der Waals surface area contributed by atoms with E-state index in [1.807, 2.05) is 13.8 Å². The molecule has 7 nitrogen and oxygen atoms in total. The Morgan fingerprint density at radius 3 is 2.55 bits per heavy atom. The highest BCUT2D eigenvalue weighted by Gasteiger charge is 2.14. The molecule has 2 aromatic heterocycles. The quantitative estimate of drug-likeness (QED) is 0.558. The van der Waals surface area contributed by atoms with Crippen LogP contribution in [-0.4, -0.2) is 19.7 Å². The SMILES string of the molecule is CC(C)CCn1c(=O)[nH]c2cc(-c3nc(-c4ccc(F)cc4)no3)ccc2c1=O. The summed E-state index contributed by atoms with van der Waals surface area (Å²) in [6, 6.07) is 10.7. The summed E-state index contributed by atoms with van der Waals surface area (Å²) in [5, 5.41) is 4.33. The molecule has 148 valence electrons. The Kier molecular flexibility index (Phi) is 4.84. The zero-order valence-electron chi connectivity index (χ0n) is 16.0. The summed E-state index contributed by atoms with van der Waals surface area (Å²) in [6.07, 6.45) is 0.737. The van der Waals surface area contributed by atoms with E-state index in [0.29, 0.717) is 40.3 Å². The molecule has 0 saturated heterocycles. The predicted octanol–water partition coefficient (Wildman–Crippen LogP) is 3.59. The minimum atomic E-state index is -0.446. The van der Waals surface area contributed by atoms with Crippen LogP contribution in [0.3, 0.4) is 0 Å². The smallest absolute Gasteiger partial charge is 0.328 e. The summed E-state index contributed by atoms with van der Waals surface area (Å²) in [4.78, 5) is 32.1. The Balaban J connectivity index is 1.71. The van der Waals surface area contributed by atoms with Gasteiger partial charge in [0.05, 0.1) is 10.9 Å². The molecule has 0 unspecified atom stereocenters. The summed E-state index contributed by atoms with van der Waals surface area (Å²) in [7, 11) is 0. The van der Waals surface area contributed by atoms with Gasteiger partial charge in [0.1, 0.15) is 5.82 Å².